The third-order valence-electron chi connectivity index (χ3n) is 2.69. The topological polar surface area (TPSA) is 37.3 Å². The average molecular weight is 168 g/mol. The maximum absolute atomic E-state index is 10.8. The van der Waals surface area contributed by atoms with E-state index in [1.807, 2.05) is 6.08 Å². The van der Waals surface area contributed by atoms with Crippen molar-refractivity contribution >= 4 is 5.97 Å². The molecular weight excluding hydrogens is 152 g/mol. The van der Waals surface area contributed by atoms with Crippen LogP contribution in [0.1, 0.15) is 32.1 Å². The largest absolute Gasteiger partial charge is 0.481 e. The van der Waals surface area contributed by atoms with E-state index in [2.05, 4.69) is 6.58 Å². The quantitative estimate of drug-likeness (QED) is 0.508. The van der Waals surface area contributed by atoms with Gasteiger partial charge in [0, 0.05) is 0 Å². The highest BCUT2D eigenvalue weighted by molar-refractivity contribution is 5.70. The van der Waals surface area contributed by atoms with Crippen LogP contribution in [0.2, 0.25) is 0 Å². The molecule has 1 aliphatic rings. The number of carboxylic acid groups (broad SMARTS) is 1. The molecule has 0 unspecified atom stereocenters. The van der Waals surface area contributed by atoms with Gasteiger partial charge in [-0.3, -0.25) is 4.79 Å². The normalized spacial score (nSPS) is 30.7. The van der Waals surface area contributed by atoms with Crippen molar-refractivity contribution in [3.63, 3.8) is 0 Å². The predicted molar refractivity (Wildman–Crippen MR) is 47.9 cm³/mol. The standard InChI is InChI=1S/C10H16O2/c1-2-8-6-4-3-5-7-9(8)10(11)12/h2,8-9H,1,3-7H2,(H,11,12)/t8-,9-/m0/s1. The number of rotatable bonds is 2. The fourth-order valence-electron chi connectivity index (χ4n) is 1.93. The molecule has 2 atom stereocenters. The summed E-state index contributed by atoms with van der Waals surface area (Å²) in [6.07, 6.45) is 7.02. The number of allylic oxidation sites excluding steroid dienone is 1. The summed E-state index contributed by atoms with van der Waals surface area (Å²) in [7, 11) is 0. The third-order valence-corrected chi connectivity index (χ3v) is 2.69. The molecule has 1 fully saturated rings. The zero-order valence-corrected chi connectivity index (χ0v) is 7.33. The summed E-state index contributed by atoms with van der Waals surface area (Å²) in [5.74, 6) is -0.628. The summed E-state index contributed by atoms with van der Waals surface area (Å²) in [5.41, 5.74) is 0. The maximum atomic E-state index is 10.8. The number of hydrogen-bond acceptors (Lipinski definition) is 1. The van der Waals surface area contributed by atoms with Gasteiger partial charge >= 0.3 is 5.97 Å². The van der Waals surface area contributed by atoms with Gasteiger partial charge in [-0.1, -0.05) is 25.3 Å². The molecule has 2 heteroatoms. The highest BCUT2D eigenvalue weighted by Gasteiger charge is 2.26. The molecule has 0 heterocycles. The number of hydrogen-bond donors (Lipinski definition) is 1. The second-order valence-electron chi connectivity index (χ2n) is 3.48. The van der Waals surface area contributed by atoms with Crippen molar-refractivity contribution in [1.82, 2.24) is 0 Å². The van der Waals surface area contributed by atoms with Gasteiger partial charge in [0.1, 0.15) is 0 Å². The number of aliphatic carboxylic acids is 1. The average Bonchev–Trinajstić information content (AvgIpc) is 2.27. The Balaban J connectivity index is 2.63. The molecule has 0 saturated heterocycles. The van der Waals surface area contributed by atoms with Gasteiger partial charge < -0.3 is 5.11 Å². The SMILES string of the molecule is C=C[C@H]1CCCCC[C@@H]1C(=O)O. The Hall–Kier alpha value is -0.790. The van der Waals surface area contributed by atoms with Crippen molar-refractivity contribution in [2.45, 2.75) is 32.1 Å². The Morgan fingerprint density at radius 3 is 2.58 bits per heavy atom. The minimum atomic E-state index is -0.651. The first-order valence-electron chi connectivity index (χ1n) is 4.61. The van der Waals surface area contributed by atoms with Gasteiger partial charge in [0.05, 0.1) is 5.92 Å². The molecule has 1 saturated carbocycles. The first-order chi connectivity index (χ1) is 5.75. The Bertz CT molecular complexity index is 175. The molecule has 1 N–H and O–H groups in total. The zero-order valence-electron chi connectivity index (χ0n) is 7.33. The predicted octanol–water partition coefficient (Wildman–Crippen LogP) is 2.45. The minimum Gasteiger partial charge on any atom is -0.481 e. The van der Waals surface area contributed by atoms with Gasteiger partial charge in [-0.25, -0.2) is 0 Å². The molecule has 0 amide bonds. The lowest BCUT2D eigenvalue weighted by Crippen LogP contribution is -2.20. The molecule has 0 aromatic carbocycles. The van der Waals surface area contributed by atoms with E-state index in [0.29, 0.717) is 0 Å². The summed E-state index contributed by atoms with van der Waals surface area (Å²) in [6.45, 7) is 3.70. The molecule has 0 bridgehead atoms. The van der Waals surface area contributed by atoms with Crippen LogP contribution < -0.4 is 0 Å². The Morgan fingerprint density at radius 2 is 2.00 bits per heavy atom. The van der Waals surface area contributed by atoms with Crippen molar-refractivity contribution in [3.05, 3.63) is 12.7 Å². The van der Waals surface area contributed by atoms with Crippen molar-refractivity contribution in [2.75, 3.05) is 0 Å². The molecule has 1 aliphatic carbocycles. The van der Waals surface area contributed by atoms with Crippen LogP contribution in [-0.2, 0) is 4.79 Å². The Kier molecular flexibility index (Phi) is 3.32. The van der Waals surface area contributed by atoms with Gasteiger partial charge in [-0.15, -0.1) is 6.58 Å². The van der Waals surface area contributed by atoms with Gasteiger partial charge in [0.2, 0.25) is 0 Å². The van der Waals surface area contributed by atoms with Crippen LogP contribution in [-0.4, -0.2) is 11.1 Å². The molecule has 12 heavy (non-hydrogen) atoms. The van der Waals surface area contributed by atoms with E-state index in [4.69, 9.17) is 5.11 Å². The van der Waals surface area contributed by atoms with E-state index in [1.165, 1.54) is 6.42 Å². The highest BCUT2D eigenvalue weighted by Crippen LogP contribution is 2.29. The van der Waals surface area contributed by atoms with Crippen LogP contribution in [0.3, 0.4) is 0 Å². The summed E-state index contributed by atoms with van der Waals surface area (Å²) in [4.78, 5) is 10.8. The van der Waals surface area contributed by atoms with Crippen LogP contribution in [0.15, 0.2) is 12.7 Å². The molecule has 0 aromatic heterocycles. The first kappa shape index (κ1) is 9.30. The van der Waals surface area contributed by atoms with E-state index in [-0.39, 0.29) is 11.8 Å². The number of carboxylic acids is 1. The van der Waals surface area contributed by atoms with Crippen LogP contribution in [0.25, 0.3) is 0 Å². The van der Waals surface area contributed by atoms with Crippen LogP contribution in [0.5, 0.6) is 0 Å². The van der Waals surface area contributed by atoms with E-state index in [0.717, 1.165) is 25.7 Å². The van der Waals surface area contributed by atoms with Crippen molar-refractivity contribution in [3.8, 4) is 0 Å². The van der Waals surface area contributed by atoms with Gasteiger partial charge in [0.15, 0.2) is 0 Å². The second-order valence-corrected chi connectivity index (χ2v) is 3.48. The van der Waals surface area contributed by atoms with Gasteiger partial charge in [0.25, 0.3) is 0 Å². The summed E-state index contributed by atoms with van der Waals surface area (Å²) in [6, 6.07) is 0. The molecule has 0 aromatic rings. The number of carbonyl (C=O) groups is 1. The van der Waals surface area contributed by atoms with Crippen molar-refractivity contribution < 1.29 is 9.90 Å². The molecule has 2 nitrogen and oxygen atoms in total. The molecule has 0 radical (unpaired) electrons. The van der Waals surface area contributed by atoms with Crippen molar-refractivity contribution in [2.24, 2.45) is 11.8 Å². The summed E-state index contributed by atoms with van der Waals surface area (Å²) in [5, 5.41) is 8.92. The smallest absolute Gasteiger partial charge is 0.307 e. The lowest BCUT2D eigenvalue weighted by Gasteiger charge is -2.16. The van der Waals surface area contributed by atoms with Crippen LogP contribution in [0.4, 0.5) is 0 Å². The lowest BCUT2D eigenvalue weighted by atomic mass is 9.88. The molecular formula is C10H16O2. The van der Waals surface area contributed by atoms with Crippen molar-refractivity contribution in [1.29, 1.82) is 0 Å². The second kappa shape index (κ2) is 4.29. The Labute approximate surface area is 73.3 Å². The summed E-state index contributed by atoms with van der Waals surface area (Å²) >= 11 is 0. The maximum Gasteiger partial charge on any atom is 0.307 e. The van der Waals surface area contributed by atoms with E-state index < -0.39 is 5.97 Å². The fraction of sp³-hybridized carbons (Fsp3) is 0.700. The fourth-order valence-corrected chi connectivity index (χ4v) is 1.93. The van der Waals surface area contributed by atoms with E-state index in [1.54, 1.807) is 0 Å². The molecule has 1 rings (SSSR count). The molecule has 68 valence electrons. The monoisotopic (exact) mass is 168 g/mol. The third kappa shape index (κ3) is 2.10. The zero-order chi connectivity index (χ0) is 8.97. The van der Waals surface area contributed by atoms with E-state index in [9.17, 15) is 4.79 Å². The lowest BCUT2D eigenvalue weighted by molar-refractivity contribution is -0.143. The molecule has 0 spiro atoms. The van der Waals surface area contributed by atoms with E-state index >= 15 is 0 Å². The van der Waals surface area contributed by atoms with Crippen LogP contribution in [0, 0.1) is 11.8 Å². The summed E-state index contributed by atoms with van der Waals surface area (Å²) < 4.78 is 0. The Morgan fingerprint density at radius 1 is 1.33 bits per heavy atom. The molecule has 0 aliphatic heterocycles. The van der Waals surface area contributed by atoms with Crippen LogP contribution >= 0.6 is 0 Å². The minimum absolute atomic E-state index is 0.176. The van der Waals surface area contributed by atoms with Gasteiger partial charge in [-0.2, -0.15) is 0 Å². The van der Waals surface area contributed by atoms with Gasteiger partial charge in [-0.05, 0) is 18.8 Å². The first-order valence-corrected chi connectivity index (χ1v) is 4.61. The highest BCUT2D eigenvalue weighted by atomic mass is 16.4.